The Morgan fingerprint density at radius 2 is 1.58 bits per heavy atom. The predicted octanol–water partition coefficient (Wildman–Crippen LogP) is 5.35. The lowest BCUT2D eigenvalue weighted by Gasteiger charge is -2.19. The molecule has 38 heavy (non-hydrogen) atoms. The van der Waals surface area contributed by atoms with Gasteiger partial charge in [0.1, 0.15) is 19.3 Å². The number of carbonyl (C=O) groups is 3. The van der Waals surface area contributed by atoms with Crippen molar-refractivity contribution in [3.63, 3.8) is 0 Å². The van der Waals surface area contributed by atoms with E-state index in [1.807, 2.05) is 48.5 Å². The fourth-order valence-corrected chi connectivity index (χ4v) is 5.01. The summed E-state index contributed by atoms with van der Waals surface area (Å²) in [5, 5.41) is 12.9. The number of esters is 1. The van der Waals surface area contributed by atoms with E-state index in [2.05, 4.69) is 11.9 Å². The maximum Gasteiger partial charge on any atom is 0.416 e. The van der Waals surface area contributed by atoms with Gasteiger partial charge in [0.2, 0.25) is 0 Å². The minimum Gasteiger partial charge on any atom is -0.464 e. The molecule has 0 radical (unpaired) electrons. The van der Waals surface area contributed by atoms with Crippen LogP contribution in [0.5, 0.6) is 0 Å². The molecule has 0 unspecified atom stereocenters. The van der Waals surface area contributed by atoms with Gasteiger partial charge in [-0.2, -0.15) is 0 Å². The Labute approximate surface area is 219 Å². The van der Waals surface area contributed by atoms with Crippen molar-refractivity contribution in [1.29, 1.82) is 0 Å². The van der Waals surface area contributed by atoms with Crippen molar-refractivity contribution in [2.24, 2.45) is 0 Å². The number of hydrogen-bond donors (Lipinski definition) is 2. The normalized spacial score (nSPS) is 12.8. The first-order chi connectivity index (χ1) is 18.5. The second kappa shape index (κ2) is 10.6. The lowest BCUT2D eigenvalue weighted by molar-refractivity contribution is -0.144. The third-order valence-corrected chi connectivity index (χ3v) is 6.69. The SMILES string of the molecule is C=CCOC(=O)[C@H](Cc1cn(C(=O)O)c2ccccc12)NC(=O)OCC1c2ccccc2-c2ccccc21. The number of ether oxygens (including phenoxy) is 2. The molecule has 1 aliphatic carbocycles. The number of aromatic nitrogens is 1. The summed E-state index contributed by atoms with van der Waals surface area (Å²) in [5.74, 6) is -0.807. The van der Waals surface area contributed by atoms with E-state index in [1.54, 1.807) is 24.3 Å². The van der Waals surface area contributed by atoms with Crippen LogP contribution in [0.4, 0.5) is 9.59 Å². The van der Waals surface area contributed by atoms with E-state index in [0.29, 0.717) is 16.5 Å². The van der Waals surface area contributed by atoms with Crippen LogP contribution < -0.4 is 5.32 Å². The summed E-state index contributed by atoms with van der Waals surface area (Å²) in [6, 6.07) is 21.9. The van der Waals surface area contributed by atoms with E-state index in [4.69, 9.17) is 9.47 Å². The summed E-state index contributed by atoms with van der Waals surface area (Å²) in [6.45, 7) is 3.61. The third kappa shape index (κ3) is 4.76. The summed E-state index contributed by atoms with van der Waals surface area (Å²) < 4.78 is 11.9. The molecule has 4 aromatic rings. The molecule has 2 N–H and O–H groups in total. The van der Waals surface area contributed by atoms with Gasteiger partial charge in [-0.05, 0) is 33.9 Å². The molecule has 5 rings (SSSR count). The molecule has 0 saturated carbocycles. The molecule has 1 heterocycles. The highest BCUT2D eigenvalue weighted by Crippen LogP contribution is 2.44. The first-order valence-electron chi connectivity index (χ1n) is 12.2. The largest absolute Gasteiger partial charge is 0.464 e. The summed E-state index contributed by atoms with van der Waals surface area (Å²) in [4.78, 5) is 37.5. The second-order valence-corrected chi connectivity index (χ2v) is 8.97. The van der Waals surface area contributed by atoms with Crippen LogP contribution in [0, 0.1) is 0 Å². The maximum atomic E-state index is 12.9. The van der Waals surface area contributed by atoms with E-state index >= 15 is 0 Å². The van der Waals surface area contributed by atoms with E-state index in [1.165, 1.54) is 12.3 Å². The zero-order valence-electron chi connectivity index (χ0n) is 20.5. The van der Waals surface area contributed by atoms with E-state index < -0.39 is 24.2 Å². The number of alkyl carbamates (subject to hydrolysis) is 1. The number of nitrogens with one attached hydrogen (secondary N) is 1. The highest BCUT2D eigenvalue weighted by molar-refractivity contribution is 5.92. The highest BCUT2D eigenvalue weighted by atomic mass is 16.6. The molecule has 0 saturated heterocycles. The lowest BCUT2D eigenvalue weighted by atomic mass is 9.98. The Kier molecular flexibility index (Phi) is 6.95. The zero-order valence-corrected chi connectivity index (χ0v) is 20.5. The van der Waals surface area contributed by atoms with Crippen LogP contribution in [0.15, 0.2) is 91.6 Å². The number of carbonyl (C=O) groups excluding carboxylic acids is 2. The topological polar surface area (TPSA) is 107 Å². The van der Waals surface area contributed by atoms with Gasteiger partial charge in [-0.1, -0.05) is 79.4 Å². The van der Waals surface area contributed by atoms with E-state index in [0.717, 1.165) is 26.8 Å². The fraction of sp³-hybridized carbons (Fsp3) is 0.167. The van der Waals surface area contributed by atoms with Gasteiger partial charge in [-0.3, -0.25) is 4.57 Å². The predicted molar refractivity (Wildman–Crippen MR) is 142 cm³/mol. The van der Waals surface area contributed by atoms with Gasteiger partial charge >= 0.3 is 18.2 Å². The van der Waals surface area contributed by atoms with Crippen LogP contribution in [0.2, 0.25) is 0 Å². The summed E-state index contributed by atoms with van der Waals surface area (Å²) in [7, 11) is 0. The highest BCUT2D eigenvalue weighted by Gasteiger charge is 2.30. The molecule has 0 aliphatic heterocycles. The number of rotatable bonds is 8. The van der Waals surface area contributed by atoms with Crippen molar-refractivity contribution in [3.8, 4) is 11.1 Å². The van der Waals surface area contributed by atoms with Crippen molar-refractivity contribution >= 4 is 29.1 Å². The average Bonchev–Trinajstić information content (AvgIpc) is 3.46. The van der Waals surface area contributed by atoms with Gasteiger partial charge in [-0.25, -0.2) is 14.4 Å². The monoisotopic (exact) mass is 510 g/mol. The molecule has 8 nitrogen and oxygen atoms in total. The Morgan fingerprint density at radius 3 is 2.24 bits per heavy atom. The molecule has 0 bridgehead atoms. The molecule has 3 aromatic carbocycles. The summed E-state index contributed by atoms with van der Waals surface area (Å²) in [5.41, 5.74) is 5.42. The van der Waals surface area contributed by atoms with Gasteiger partial charge in [-0.15, -0.1) is 0 Å². The number of hydrogen-bond acceptors (Lipinski definition) is 5. The standard InChI is InChI=1S/C30H26N2O6/c1-2-15-37-28(33)26(16-19-17-32(30(35)36)27-14-8-7-9-20(19)27)31-29(34)38-18-25-23-12-5-3-10-21(23)22-11-4-6-13-24(22)25/h2-14,17,25-26H,1,15-16,18H2,(H,31,34)(H,35,36)/t26-/m0/s1. The quantitative estimate of drug-likeness (QED) is 0.245. The van der Waals surface area contributed by atoms with Crippen molar-refractivity contribution in [1.82, 2.24) is 9.88 Å². The lowest BCUT2D eigenvalue weighted by Crippen LogP contribution is -2.44. The average molecular weight is 511 g/mol. The number of benzene rings is 3. The molecular weight excluding hydrogens is 484 g/mol. The molecule has 1 atom stereocenters. The summed E-state index contributed by atoms with van der Waals surface area (Å²) >= 11 is 0. The Hall–Kier alpha value is -4.85. The second-order valence-electron chi connectivity index (χ2n) is 8.97. The molecule has 1 amide bonds. The molecule has 0 fully saturated rings. The van der Waals surface area contributed by atoms with Crippen LogP contribution in [-0.4, -0.2) is 47.1 Å². The summed E-state index contributed by atoms with van der Waals surface area (Å²) in [6.07, 6.45) is 0.969. The fourth-order valence-electron chi connectivity index (χ4n) is 5.01. The minimum atomic E-state index is -1.15. The number of fused-ring (bicyclic) bond motifs is 4. The van der Waals surface area contributed by atoms with Crippen LogP contribution >= 0.6 is 0 Å². The zero-order chi connectivity index (χ0) is 26.6. The van der Waals surface area contributed by atoms with Crippen LogP contribution in [0.3, 0.4) is 0 Å². The van der Waals surface area contributed by atoms with Crippen molar-refractivity contribution in [3.05, 3.63) is 108 Å². The Bertz CT molecular complexity index is 1490. The Balaban J connectivity index is 1.34. The van der Waals surface area contributed by atoms with Crippen molar-refractivity contribution in [2.75, 3.05) is 13.2 Å². The molecular formula is C30H26N2O6. The van der Waals surface area contributed by atoms with Gasteiger partial charge in [0, 0.05) is 23.9 Å². The van der Waals surface area contributed by atoms with Crippen LogP contribution in [-0.2, 0) is 20.7 Å². The first-order valence-corrected chi connectivity index (χ1v) is 12.2. The van der Waals surface area contributed by atoms with Gasteiger partial charge < -0.3 is 19.9 Å². The van der Waals surface area contributed by atoms with Gasteiger partial charge in [0.15, 0.2) is 0 Å². The minimum absolute atomic E-state index is 0.0148. The third-order valence-electron chi connectivity index (χ3n) is 6.69. The van der Waals surface area contributed by atoms with Crippen molar-refractivity contribution in [2.45, 2.75) is 18.4 Å². The Morgan fingerprint density at radius 1 is 0.947 bits per heavy atom. The first kappa shape index (κ1) is 24.8. The van der Waals surface area contributed by atoms with E-state index in [-0.39, 0.29) is 25.6 Å². The molecule has 8 heteroatoms. The molecule has 1 aliphatic rings. The molecule has 0 spiro atoms. The number of nitrogens with zero attached hydrogens (tertiary/aromatic N) is 1. The molecule has 192 valence electrons. The maximum absolute atomic E-state index is 12.9. The molecule has 1 aromatic heterocycles. The van der Waals surface area contributed by atoms with Crippen molar-refractivity contribution < 1.29 is 29.0 Å². The number of amides is 1. The number of carboxylic acid groups (broad SMARTS) is 1. The van der Waals surface area contributed by atoms with E-state index in [9.17, 15) is 19.5 Å². The van der Waals surface area contributed by atoms with Gasteiger partial charge in [0.05, 0.1) is 5.52 Å². The van der Waals surface area contributed by atoms with Crippen LogP contribution in [0.1, 0.15) is 22.6 Å². The van der Waals surface area contributed by atoms with Crippen LogP contribution in [0.25, 0.3) is 22.0 Å². The van der Waals surface area contributed by atoms with Gasteiger partial charge in [0.25, 0.3) is 0 Å². The number of para-hydroxylation sites is 1. The smallest absolute Gasteiger partial charge is 0.416 e.